The third kappa shape index (κ3) is 4.10. The van der Waals surface area contributed by atoms with Crippen LogP contribution in [0.3, 0.4) is 0 Å². The van der Waals surface area contributed by atoms with E-state index in [1.54, 1.807) is 6.33 Å². The number of fused-ring (bicyclic) bond motifs is 1. The molecule has 1 saturated heterocycles. The molecule has 1 aromatic carbocycles. The third-order valence-corrected chi connectivity index (χ3v) is 5.78. The summed E-state index contributed by atoms with van der Waals surface area (Å²) in [5.41, 5.74) is 2.03. The monoisotopic (exact) mass is 438 g/mol. The predicted molar refractivity (Wildman–Crippen MR) is 117 cm³/mol. The third-order valence-electron chi connectivity index (χ3n) is 5.78. The lowest BCUT2D eigenvalue weighted by Crippen LogP contribution is -2.35. The van der Waals surface area contributed by atoms with Crippen molar-refractivity contribution in [3.05, 3.63) is 72.3 Å². The van der Waals surface area contributed by atoms with Gasteiger partial charge in [0.15, 0.2) is 0 Å². The smallest absolute Gasteiger partial charge is 0.355 e. The molecular weight excluding hydrogens is 417 g/mol. The number of pyridine rings is 1. The fourth-order valence-electron chi connectivity index (χ4n) is 4.21. The molecule has 0 spiro atoms. The van der Waals surface area contributed by atoms with E-state index in [0.29, 0.717) is 11.7 Å². The number of halogens is 3. The Morgan fingerprint density at radius 3 is 2.78 bits per heavy atom. The molecule has 9 heteroatoms. The molecule has 0 saturated carbocycles. The maximum absolute atomic E-state index is 12.8. The van der Waals surface area contributed by atoms with Gasteiger partial charge in [-0.2, -0.15) is 13.2 Å². The first-order valence-corrected chi connectivity index (χ1v) is 10.4. The van der Waals surface area contributed by atoms with Gasteiger partial charge in [0.2, 0.25) is 0 Å². The van der Waals surface area contributed by atoms with Crippen LogP contribution in [0, 0.1) is 0 Å². The van der Waals surface area contributed by atoms with Crippen LogP contribution in [0.2, 0.25) is 0 Å². The Kier molecular flexibility index (Phi) is 5.16. The summed E-state index contributed by atoms with van der Waals surface area (Å²) >= 11 is 0. The van der Waals surface area contributed by atoms with Gasteiger partial charge in [0, 0.05) is 37.1 Å². The second-order valence-electron chi connectivity index (χ2n) is 7.90. The summed E-state index contributed by atoms with van der Waals surface area (Å²) in [5.74, 6) is 1.62. The van der Waals surface area contributed by atoms with Crippen molar-refractivity contribution in [2.45, 2.75) is 24.9 Å². The lowest BCUT2D eigenvalue weighted by molar-refractivity contribution is -0.137. The summed E-state index contributed by atoms with van der Waals surface area (Å²) in [6.07, 6.45) is 2.00. The summed E-state index contributed by atoms with van der Waals surface area (Å²) in [6, 6.07) is 12.3. The van der Waals surface area contributed by atoms with Crippen molar-refractivity contribution in [1.82, 2.24) is 19.9 Å². The van der Waals surface area contributed by atoms with E-state index in [1.165, 1.54) is 11.6 Å². The van der Waals surface area contributed by atoms with E-state index in [0.717, 1.165) is 60.7 Å². The fraction of sp³-hybridized carbons (Fsp3) is 0.261. The number of nitrogens with zero attached hydrogens (tertiary/aromatic N) is 4. The van der Waals surface area contributed by atoms with Crippen LogP contribution in [0.1, 0.15) is 29.9 Å². The lowest BCUT2D eigenvalue weighted by atomic mass is 9.90. The van der Waals surface area contributed by atoms with E-state index < -0.39 is 11.7 Å². The van der Waals surface area contributed by atoms with E-state index in [4.69, 9.17) is 0 Å². The number of piperidine rings is 1. The highest BCUT2D eigenvalue weighted by atomic mass is 19.4. The highest BCUT2D eigenvalue weighted by Gasteiger charge is 2.30. The molecule has 1 aliphatic rings. The molecule has 1 fully saturated rings. The van der Waals surface area contributed by atoms with Crippen LogP contribution in [0.25, 0.3) is 11.0 Å². The van der Waals surface area contributed by atoms with Crippen molar-refractivity contribution in [2.75, 3.05) is 23.3 Å². The number of alkyl halides is 3. The summed E-state index contributed by atoms with van der Waals surface area (Å²) in [6.45, 7) is 1.76. The van der Waals surface area contributed by atoms with Crippen molar-refractivity contribution < 1.29 is 13.2 Å². The number of rotatable bonds is 4. The van der Waals surface area contributed by atoms with Gasteiger partial charge >= 0.3 is 6.18 Å². The molecule has 0 bridgehead atoms. The van der Waals surface area contributed by atoms with E-state index in [9.17, 15) is 13.2 Å². The maximum Gasteiger partial charge on any atom is 0.417 e. The van der Waals surface area contributed by atoms with Crippen molar-refractivity contribution in [1.29, 1.82) is 0 Å². The molecule has 1 unspecified atom stereocenters. The molecule has 32 heavy (non-hydrogen) atoms. The molecule has 6 nitrogen and oxygen atoms in total. The molecule has 0 radical (unpaired) electrons. The first-order valence-electron chi connectivity index (χ1n) is 10.4. The highest BCUT2D eigenvalue weighted by molar-refractivity contribution is 5.87. The Balaban J connectivity index is 1.33. The number of anilines is 3. The van der Waals surface area contributed by atoms with Gasteiger partial charge < -0.3 is 15.2 Å². The number of aromatic amines is 1. The Morgan fingerprint density at radius 1 is 1.06 bits per heavy atom. The first kappa shape index (κ1) is 20.3. The van der Waals surface area contributed by atoms with Gasteiger partial charge in [0.05, 0.1) is 10.9 Å². The number of nitrogens with one attached hydrogen (secondary N) is 2. The van der Waals surface area contributed by atoms with Gasteiger partial charge in [-0.25, -0.2) is 15.0 Å². The lowest BCUT2D eigenvalue weighted by Gasteiger charge is -2.34. The van der Waals surface area contributed by atoms with Crippen LogP contribution in [0.5, 0.6) is 0 Å². The summed E-state index contributed by atoms with van der Waals surface area (Å²) in [7, 11) is 0. The number of H-pyrrole nitrogens is 1. The second-order valence-corrected chi connectivity index (χ2v) is 7.90. The van der Waals surface area contributed by atoms with E-state index in [2.05, 4.69) is 36.2 Å². The second kappa shape index (κ2) is 8.14. The van der Waals surface area contributed by atoms with Crippen LogP contribution in [0.15, 0.2) is 61.2 Å². The SMILES string of the molecule is FC(F)(F)c1ccc(Nc2cccc(C3CCCN(c4ncnc5[nH]ccc45)C3)c2)nc1. The van der Waals surface area contributed by atoms with Gasteiger partial charge in [0.25, 0.3) is 0 Å². The largest absolute Gasteiger partial charge is 0.417 e. The molecule has 3 aromatic heterocycles. The Hall–Kier alpha value is -3.62. The van der Waals surface area contributed by atoms with Crippen molar-refractivity contribution in [3.63, 3.8) is 0 Å². The Morgan fingerprint density at radius 2 is 1.97 bits per heavy atom. The Labute approximate surface area is 182 Å². The minimum atomic E-state index is -4.39. The van der Waals surface area contributed by atoms with Crippen LogP contribution < -0.4 is 10.2 Å². The molecule has 2 N–H and O–H groups in total. The predicted octanol–water partition coefficient (Wildman–Crippen LogP) is 5.50. The summed E-state index contributed by atoms with van der Waals surface area (Å²) < 4.78 is 38.3. The molecule has 4 aromatic rings. The van der Waals surface area contributed by atoms with Gasteiger partial charge in [-0.05, 0) is 48.7 Å². The molecule has 4 heterocycles. The van der Waals surface area contributed by atoms with Crippen molar-refractivity contribution in [2.24, 2.45) is 0 Å². The zero-order valence-corrected chi connectivity index (χ0v) is 17.1. The highest BCUT2D eigenvalue weighted by Crippen LogP contribution is 2.33. The fourth-order valence-corrected chi connectivity index (χ4v) is 4.21. The van der Waals surface area contributed by atoms with Crippen molar-refractivity contribution in [3.8, 4) is 0 Å². The Bertz CT molecular complexity index is 1220. The van der Waals surface area contributed by atoms with E-state index >= 15 is 0 Å². The van der Waals surface area contributed by atoms with Crippen LogP contribution >= 0.6 is 0 Å². The summed E-state index contributed by atoms with van der Waals surface area (Å²) in [4.78, 5) is 18.1. The van der Waals surface area contributed by atoms with Crippen LogP contribution in [0.4, 0.5) is 30.5 Å². The topological polar surface area (TPSA) is 69.7 Å². The molecule has 5 rings (SSSR count). The van der Waals surface area contributed by atoms with Gasteiger partial charge in [-0.1, -0.05) is 12.1 Å². The minimum Gasteiger partial charge on any atom is -0.355 e. The van der Waals surface area contributed by atoms with Crippen molar-refractivity contribution >= 4 is 28.4 Å². The quantitative estimate of drug-likeness (QED) is 0.440. The minimum absolute atomic E-state index is 0.315. The molecule has 1 aliphatic heterocycles. The van der Waals surface area contributed by atoms with E-state index in [-0.39, 0.29) is 0 Å². The van der Waals surface area contributed by atoms with E-state index in [1.807, 2.05) is 30.5 Å². The van der Waals surface area contributed by atoms with Crippen LogP contribution in [-0.2, 0) is 6.18 Å². The molecular formula is C23H21F3N6. The molecule has 0 aliphatic carbocycles. The van der Waals surface area contributed by atoms with Crippen LogP contribution in [-0.4, -0.2) is 33.0 Å². The molecule has 0 amide bonds. The molecule has 1 atom stereocenters. The maximum atomic E-state index is 12.8. The van der Waals surface area contributed by atoms with Gasteiger partial charge in [0.1, 0.15) is 23.6 Å². The first-order chi connectivity index (χ1) is 15.5. The molecule has 164 valence electrons. The van der Waals surface area contributed by atoms with Gasteiger partial charge in [-0.3, -0.25) is 0 Å². The number of benzene rings is 1. The average Bonchev–Trinajstić information content (AvgIpc) is 3.28. The number of aromatic nitrogens is 4. The number of hydrogen-bond donors (Lipinski definition) is 2. The summed E-state index contributed by atoms with van der Waals surface area (Å²) in [5, 5.41) is 4.12. The van der Waals surface area contributed by atoms with Gasteiger partial charge in [-0.15, -0.1) is 0 Å². The average molecular weight is 438 g/mol. The normalized spacial score (nSPS) is 17.0. The standard InChI is InChI=1S/C23H21F3N6/c24-23(25,26)17-6-7-20(28-12-17)31-18-5-1-3-15(11-18)16-4-2-10-32(13-16)22-19-8-9-27-21(19)29-14-30-22/h1,3,5-9,11-12,14,16H,2,4,10,13H2,(H,28,31)(H,27,29,30). The number of hydrogen-bond acceptors (Lipinski definition) is 5. The zero-order valence-electron chi connectivity index (χ0n) is 17.1. The zero-order chi connectivity index (χ0) is 22.1.